The molecular formula is C22H18ClF3N4O3. The lowest BCUT2D eigenvalue weighted by Crippen LogP contribution is -2.35. The molecule has 11 heteroatoms. The first-order valence-electron chi connectivity index (χ1n) is 10.1. The van der Waals surface area contributed by atoms with Gasteiger partial charge in [-0.05, 0) is 35.4 Å². The van der Waals surface area contributed by atoms with Crippen molar-refractivity contribution in [1.29, 1.82) is 0 Å². The third-order valence-electron chi connectivity index (χ3n) is 5.59. The highest BCUT2D eigenvalue weighted by Crippen LogP contribution is 2.45. The Balaban J connectivity index is 1.38. The number of carbonyl (C=O) groups excluding carboxylic acids is 1. The predicted octanol–water partition coefficient (Wildman–Crippen LogP) is 4.86. The van der Waals surface area contributed by atoms with Gasteiger partial charge >= 0.3 is 6.18 Å². The summed E-state index contributed by atoms with van der Waals surface area (Å²) in [5.74, 6) is 0.572. The summed E-state index contributed by atoms with van der Waals surface area (Å²) in [6, 6.07) is 10.7. The molecule has 0 spiro atoms. The van der Waals surface area contributed by atoms with E-state index in [9.17, 15) is 18.0 Å². The van der Waals surface area contributed by atoms with Crippen molar-refractivity contribution in [2.24, 2.45) is 0 Å². The lowest BCUT2D eigenvalue weighted by atomic mass is 9.96. The topological polar surface area (TPSA) is 77.4 Å². The second-order valence-electron chi connectivity index (χ2n) is 7.77. The smallest absolute Gasteiger partial charge is 0.410 e. The van der Waals surface area contributed by atoms with Crippen LogP contribution in [-0.4, -0.2) is 28.7 Å². The van der Waals surface area contributed by atoms with Gasteiger partial charge in [-0.15, -0.1) is 0 Å². The fraction of sp³-hybridized carbons (Fsp3) is 0.273. The first-order chi connectivity index (χ1) is 15.8. The summed E-state index contributed by atoms with van der Waals surface area (Å²) in [5.41, 5.74) is 1.31. The highest BCUT2D eigenvalue weighted by Gasteiger charge is 2.47. The molecule has 2 atom stereocenters. The number of ether oxygens (including phenoxy) is 2. The average molecular weight is 479 g/mol. The van der Waals surface area contributed by atoms with E-state index in [0.29, 0.717) is 22.1 Å². The molecule has 3 aromatic rings. The van der Waals surface area contributed by atoms with Gasteiger partial charge in [0.2, 0.25) is 6.79 Å². The Morgan fingerprint density at radius 2 is 1.91 bits per heavy atom. The minimum atomic E-state index is -4.55. The van der Waals surface area contributed by atoms with E-state index in [1.165, 1.54) is 6.07 Å². The lowest BCUT2D eigenvalue weighted by Gasteiger charge is -2.33. The number of hydrogen-bond donors (Lipinski definition) is 2. The maximum Gasteiger partial charge on any atom is 0.410 e. The van der Waals surface area contributed by atoms with Gasteiger partial charge in [0.15, 0.2) is 23.2 Å². The van der Waals surface area contributed by atoms with E-state index in [2.05, 4.69) is 15.7 Å². The molecule has 0 bridgehead atoms. The SMILES string of the molecule is O=C(NCc1ccc(Cl)cc1)c1cc2n(n1)C(C(F)(F)F)CC(c1ccc3c(c1)OCO3)N2. The van der Waals surface area contributed by atoms with Gasteiger partial charge in [-0.3, -0.25) is 4.79 Å². The Morgan fingerprint density at radius 1 is 1.15 bits per heavy atom. The molecule has 2 N–H and O–H groups in total. The van der Waals surface area contributed by atoms with E-state index >= 15 is 0 Å². The standard InChI is InChI=1S/C22H18ClF3N4O3/c23-14-4-1-12(2-5-14)10-27-21(31)16-9-20-28-15(8-19(22(24,25)26)30(20)29-16)13-3-6-17-18(7-13)33-11-32-17/h1-7,9,15,19,28H,8,10-11H2,(H,27,31). The maximum atomic E-state index is 13.9. The number of nitrogens with zero attached hydrogens (tertiary/aromatic N) is 2. The summed E-state index contributed by atoms with van der Waals surface area (Å²) in [6.07, 6.45) is -4.84. The molecule has 1 amide bonds. The van der Waals surface area contributed by atoms with E-state index in [1.807, 2.05) is 0 Å². The maximum absolute atomic E-state index is 13.9. The Morgan fingerprint density at radius 3 is 2.67 bits per heavy atom. The summed E-state index contributed by atoms with van der Waals surface area (Å²) in [6.45, 7) is 0.261. The minimum Gasteiger partial charge on any atom is -0.454 e. The number of carbonyl (C=O) groups is 1. The number of alkyl halides is 3. The predicted molar refractivity (Wildman–Crippen MR) is 113 cm³/mol. The van der Waals surface area contributed by atoms with Gasteiger partial charge in [0.05, 0.1) is 6.04 Å². The van der Waals surface area contributed by atoms with Crippen LogP contribution in [0.15, 0.2) is 48.5 Å². The van der Waals surface area contributed by atoms with Crippen LogP contribution in [0.2, 0.25) is 5.02 Å². The van der Waals surface area contributed by atoms with Crippen LogP contribution >= 0.6 is 11.6 Å². The molecule has 0 aliphatic carbocycles. The Labute approximate surface area is 191 Å². The molecule has 0 fully saturated rings. The summed E-state index contributed by atoms with van der Waals surface area (Å²) in [7, 11) is 0. The number of rotatable bonds is 4. The van der Waals surface area contributed by atoms with E-state index in [-0.39, 0.29) is 31.3 Å². The van der Waals surface area contributed by atoms with Gasteiger partial charge in [0.1, 0.15) is 5.82 Å². The Hall–Kier alpha value is -3.40. The highest BCUT2D eigenvalue weighted by atomic mass is 35.5. The van der Waals surface area contributed by atoms with Crippen molar-refractivity contribution < 1.29 is 27.4 Å². The number of fused-ring (bicyclic) bond motifs is 2. The number of amides is 1. The fourth-order valence-corrected chi connectivity index (χ4v) is 4.03. The van der Waals surface area contributed by atoms with Crippen LogP contribution in [0, 0.1) is 0 Å². The van der Waals surface area contributed by atoms with E-state index in [4.69, 9.17) is 21.1 Å². The van der Waals surface area contributed by atoms with Crippen LogP contribution < -0.4 is 20.1 Å². The quantitative estimate of drug-likeness (QED) is 0.560. The number of nitrogens with one attached hydrogen (secondary N) is 2. The highest BCUT2D eigenvalue weighted by molar-refractivity contribution is 6.30. The third kappa shape index (κ3) is 4.30. The molecule has 3 heterocycles. The average Bonchev–Trinajstić information content (AvgIpc) is 3.43. The first-order valence-corrected chi connectivity index (χ1v) is 10.5. The zero-order valence-corrected chi connectivity index (χ0v) is 17.8. The largest absolute Gasteiger partial charge is 0.454 e. The minimum absolute atomic E-state index is 0.0727. The molecule has 2 unspecified atom stereocenters. The van der Waals surface area contributed by atoms with E-state index in [1.54, 1.807) is 42.5 Å². The van der Waals surface area contributed by atoms with Crippen LogP contribution in [0.5, 0.6) is 11.5 Å². The third-order valence-corrected chi connectivity index (χ3v) is 5.84. The number of aromatic nitrogens is 2. The summed E-state index contributed by atoms with van der Waals surface area (Å²) in [5, 5.41) is 10.3. The van der Waals surface area contributed by atoms with E-state index < -0.39 is 24.2 Å². The summed E-state index contributed by atoms with van der Waals surface area (Å²) >= 11 is 5.85. The lowest BCUT2D eigenvalue weighted by molar-refractivity contribution is -0.173. The van der Waals surface area contributed by atoms with Gasteiger partial charge in [-0.1, -0.05) is 29.8 Å². The fourth-order valence-electron chi connectivity index (χ4n) is 3.91. The summed E-state index contributed by atoms with van der Waals surface area (Å²) in [4.78, 5) is 12.6. The first kappa shape index (κ1) is 21.4. The molecule has 5 rings (SSSR count). The van der Waals surface area contributed by atoms with Gasteiger partial charge < -0.3 is 20.1 Å². The zero-order chi connectivity index (χ0) is 23.2. The number of benzene rings is 2. The van der Waals surface area contributed by atoms with Gasteiger partial charge in [-0.2, -0.15) is 18.3 Å². The Bertz CT molecular complexity index is 1200. The number of halogens is 4. The second-order valence-corrected chi connectivity index (χ2v) is 8.21. The van der Waals surface area contributed by atoms with Crippen molar-refractivity contribution in [3.05, 3.63) is 70.4 Å². The monoisotopic (exact) mass is 478 g/mol. The zero-order valence-electron chi connectivity index (χ0n) is 17.0. The molecule has 0 saturated heterocycles. The number of hydrogen-bond acceptors (Lipinski definition) is 5. The van der Waals surface area contributed by atoms with Gasteiger partial charge in [0.25, 0.3) is 5.91 Å². The molecule has 172 valence electrons. The normalized spacial score (nSPS) is 19.0. The van der Waals surface area contributed by atoms with Crippen LogP contribution in [-0.2, 0) is 6.54 Å². The van der Waals surface area contributed by atoms with Crippen molar-refractivity contribution in [2.75, 3.05) is 12.1 Å². The van der Waals surface area contributed by atoms with Gasteiger partial charge in [-0.25, -0.2) is 4.68 Å². The second kappa shape index (κ2) is 8.18. The van der Waals surface area contributed by atoms with Crippen molar-refractivity contribution in [1.82, 2.24) is 15.1 Å². The van der Waals surface area contributed by atoms with Crippen molar-refractivity contribution in [2.45, 2.75) is 31.2 Å². The molecule has 2 aromatic carbocycles. The van der Waals surface area contributed by atoms with Crippen molar-refractivity contribution in [3.63, 3.8) is 0 Å². The van der Waals surface area contributed by atoms with Crippen LogP contribution in [0.25, 0.3) is 0 Å². The van der Waals surface area contributed by atoms with Crippen molar-refractivity contribution in [3.8, 4) is 11.5 Å². The molecule has 33 heavy (non-hydrogen) atoms. The van der Waals surface area contributed by atoms with Crippen LogP contribution in [0.1, 0.15) is 40.1 Å². The van der Waals surface area contributed by atoms with Gasteiger partial charge in [0, 0.05) is 24.1 Å². The number of anilines is 1. The molecule has 2 aliphatic heterocycles. The molecule has 1 aromatic heterocycles. The van der Waals surface area contributed by atoms with Crippen LogP contribution in [0.4, 0.5) is 19.0 Å². The van der Waals surface area contributed by atoms with Crippen LogP contribution in [0.3, 0.4) is 0 Å². The summed E-state index contributed by atoms with van der Waals surface area (Å²) < 4.78 is 53.1. The van der Waals surface area contributed by atoms with Crippen molar-refractivity contribution >= 4 is 23.3 Å². The molecule has 0 saturated carbocycles. The molecule has 2 aliphatic rings. The molecule has 0 radical (unpaired) electrons. The Kier molecular flexibility index (Phi) is 5.32. The van der Waals surface area contributed by atoms with E-state index in [0.717, 1.165) is 10.2 Å². The molecule has 7 nitrogen and oxygen atoms in total. The molecular weight excluding hydrogens is 461 g/mol.